The zero-order valence-electron chi connectivity index (χ0n) is 9.13. The molecule has 1 saturated heterocycles. The van der Waals surface area contributed by atoms with Crippen LogP contribution in [0.2, 0.25) is 0 Å². The summed E-state index contributed by atoms with van der Waals surface area (Å²) in [5.41, 5.74) is 1.24. The number of hydrogen-bond acceptors (Lipinski definition) is 3. The van der Waals surface area contributed by atoms with Crippen LogP contribution in [0.1, 0.15) is 12.5 Å². The van der Waals surface area contributed by atoms with E-state index in [1.54, 1.807) is 0 Å². The van der Waals surface area contributed by atoms with E-state index in [1.165, 1.54) is 5.56 Å². The topological polar surface area (TPSA) is 28.2 Å². The van der Waals surface area contributed by atoms with E-state index in [1.807, 2.05) is 6.20 Å². The molecule has 0 radical (unpaired) electrons. The van der Waals surface area contributed by atoms with Gasteiger partial charge in [-0.05, 0) is 41.4 Å². The molecule has 0 amide bonds. The van der Waals surface area contributed by atoms with Gasteiger partial charge in [0.15, 0.2) is 0 Å². The molecule has 2 heterocycles. The molecule has 2 rings (SSSR count). The Kier molecular flexibility index (Phi) is 3.26. The van der Waals surface area contributed by atoms with Gasteiger partial charge in [0.05, 0.1) is 0 Å². The monoisotopic (exact) mass is 269 g/mol. The largest absolute Gasteiger partial charge is 0.354 e. The second-order valence-corrected chi connectivity index (χ2v) is 4.95. The molecule has 1 fully saturated rings. The maximum absolute atomic E-state index is 4.45. The van der Waals surface area contributed by atoms with Crippen molar-refractivity contribution >= 4 is 21.7 Å². The minimum Gasteiger partial charge on any atom is -0.354 e. The van der Waals surface area contributed by atoms with Crippen molar-refractivity contribution in [1.82, 2.24) is 10.3 Å². The number of aromatic nitrogens is 1. The summed E-state index contributed by atoms with van der Waals surface area (Å²) in [6, 6.07) is 2.69. The Labute approximate surface area is 99.0 Å². The molecule has 3 nitrogen and oxygen atoms in total. The summed E-state index contributed by atoms with van der Waals surface area (Å²) in [4.78, 5) is 6.78. The van der Waals surface area contributed by atoms with Gasteiger partial charge in [0, 0.05) is 36.3 Å². The van der Waals surface area contributed by atoms with Crippen molar-refractivity contribution in [2.45, 2.75) is 19.9 Å². The van der Waals surface area contributed by atoms with Crippen molar-refractivity contribution in [2.75, 3.05) is 24.5 Å². The average molecular weight is 270 g/mol. The highest BCUT2D eigenvalue weighted by atomic mass is 79.9. The van der Waals surface area contributed by atoms with Crippen molar-refractivity contribution in [3.05, 3.63) is 22.3 Å². The van der Waals surface area contributed by atoms with Crippen LogP contribution in [0.5, 0.6) is 0 Å². The van der Waals surface area contributed by atoms with Crippen LogP contribution in [-0.2, 0) is 0 Å². The predicted octanol–water partition coefficient (Wildman–Crippen LogP) is 1.95. The molecule has 1 aliphatic rings. The zero-order chi connectivity index (χ0) is 10.8. The smallest absolute Gasteiger partial charge is 0.128 e. The van der Waals surface area contributed by atoms with Gasteiger partial charge in [-0.3, -0.25) is 0 Å². The van der Waals surface area contributed by atoms with Crippen molar-refractivity contribution in [3.63, 3.8) is 0 Å². The molecule has 1 aromatic rings. The third kappa shape index (κ3) is 2.49. The van der Waals surface area contributed by atoms with E-state index in [0.717, 1.165) is 29.9 Å². The summed E-state index contributed by atoms with van der Waals surface area (Å²) in [5.74, 6) is 1.09. The van der Waals surface area contributed by atoms with E-state index >= 15 is 0 Å². The number of piperazine rings is 1. The van der Waals surface area contributed by atoms with E-state index < -0.39 is 0 Å². The van der Waals surface area contributed by atoms with Gasteiger partial charge in [0.25, 0.3) is 0 Å². The van der Waals surface area contributed by atoms with Crippen LogP contribution in [-0.4, -0.2) is 30.7 Å². The summed E-state index contributed by atoms with van der Waals surface area (Å²) in [5, 5.41) is 3.43. The normalized spacial score (nSPS) is 21.8. The lowest BCUT2D eigenvalue weighted by Gasteiger charge is -2.32. The number of anilines is 1. The molecule has 0 bridgehead atoms. The first-order valence-electron chi connectivity index (χ1n) is 5.27. The maximum atomic E-state index is 4.45. The predicted molar refractivity (Wildman–Crippen MR) is 66.4 cm³/mol. The Morgan fingerprint density at radius 3 is 3.07 bits per heavy atom. The Morgan fingerprint density at radius 1 is 1.60 bits per heavy atom. The first-order chi connectivity index (χ1) is 7.16. The lowest BCUT2D eigenvalue weighted by Crippen LogP contribution is -2.49. The molecule has 1 N–H and O–H groups in total. The fraction of sp³-hybridized carbons (Fsp3) is 0.545. The Bertz CT molecular complexity index is 354. The minimum atomic E-state index is 0.546. The fourth-order valence-electron chi connectivity index (χ4n) is 1.84. The van der Waals surface area contributed by atoms with Crippen LogP contribution >= 0.6 is 15.9 Å². The Hall–Kier alpha value is -0.610. The van der Waals surface area contributed by atoms with Crippen LogP contribution in [0.3, 0.4) is 0 Å². The SMILES string of the molecule is Cc1cc(N2CCN[C@@H](C)C2)ncc1Br. The number of hydrogen-bond donors (Lipinski definition) is 1. The second kappa shape index (κ2) is 4.49. The molecule has 1 atom stereocenters. The summed E-state index contributed by atoms with van der Waals surface area (Å²) in [6.07, 6.45) is 1.89. The molecule has 15 heavy (non-hydrogen) atoms. The molecule has 1 aliphatic heterocycles. The molecular formula is C11H16BrN3. The lowest BCUT2D eigenvalue weighted by atomic mass is 10.2. The number of pyridine rings is 1. The summed E-state index contributed by atoms with van der Waals surface area (Å²) in [6.45, 7) is 7.42. The van der Waals surface area contributed by atoms with Gasteiger partial charge in [-0.2, -0.15) is 0 Å². The van der Waals surface area contributed by atoms with Crippen LogP contribution in [0, 0.1) is 6.92 Å². The highest BCUT2D eigenvalue weighted by Crippen LogP contribution is 2.20. The number of halogens is 1. The van der Waals surface area contributed by atoms with Crippen LogP contribution < -0.4 is 10.2 Å². The second-order valence-electron chi connectivity index (χ2n) is 4.09. The molecule has 0 spiro atoms. The van der Waals surface area contributed by atoms with Gasteiger partial charge < -0.3 is 10.2 Å². The standard InChI is InChI=1S/C11H16BrN3/c1-8-5-11(14-6-10(8)12)15-4-3-13-9(2)7-15/h5-6,9,13H,3-4,7H2,1-2H3/t9-/m0/s1. The average Bonchev–Trinajstić information content (AvgIpc) is 2.22. The quantitative estimate of drug-likeness (QED) is 0.845. The first kappa shape index (κ1) is 10.9. The van der Waals surface area contributed by atoms with Gasteiger partial charge in [-0.25, -0.2) is 4.98 Å². The summed E-state index contributed by atoms with van der Waals surface area (Å²) < 4.78 is 1.08. The number of nitrogens with one attached hydrogen (secondary N) is 1. The minimum absolute atomic E-state index is 0.546. The number of nitrogens with zero attached hydrogens (tertiary/aromatic N) is 2. The van der Waals surface area contributed by atoms with E-state index in [4.69, 9.17) is 0 Å². The molecule has 0 saturated carbocycles. The van der Waals surface area contributed by atoms with E-state index in [2.05, 4.69) is 51.0 Å². The van der Waals surface area contributed by atoms with E-state index in [9.17, 15) is 0 Å². The first-order valence-corrected chi connectivity index (χ1v) is 6.06. The van der Waals surface area contributed by atoms with Gasteiger partial charge in [-0.1, -0.05) is 0 Å². The van der Waals surface area contributed by atoms with Crippen LogP contribution in [0.15, 0.2) is 16.7 Å². The van der Waals surface area contributed by atoms with Crippen LogP contribution in [0.4, 0.5) is 5.82 Å². The van der Waals surface area contributed by atoms with Gasteiger partial charge in [0.1, 0.15) is 5.82 Å². The highest BCUT2D eigenvalue weighted by molar-refractivity contribution is 9.10. The third-order valence-corrected chi connectivity index (χ3v) is 3.56. The molecule has 1 aromatic heterocycles. The fourth-order valence-corrected chi connectivity index (χ4v) is 2.05. The van der Waals surface area contributed by atoms with E-state index in [0.29, 0.717) is 6.04 Å². The summed E-state index contributed by atoms with van der Waals surface area (Å²) in [7, 11) is 0. The van der Waals surface area contributed by atoms with Gasteiger partial charge in [0.2, 0.25) is 0 Å². The molecule has 0 aromatic carbocycles. The lowest BCUT2D eigenvalue weighted by molar-refractivity contribution is 0.482. The molecule has 4 heteroatoms. The Balaban J connectivity index is 2.18. The summed E-state index contributed by atoms with van der Waals surface area (Å²) >= 11 is 3.47. The number of rotatable bonds is 1. The molecular weight excluding hydrogens is 254 g/mol. The van der Waals surface area contributed by atoms with Gasteiger partial charge >= 0.3 is 0 Å². The van der Waals surface area contributed by atoms with Gasteiger partial charge in [-0.15, -0.1) is 0 Å². The van der Waals surface area contributed by atoms with Crippen molar-refractivity contribution < 1.29 is 0 Å². The van der Waals surface area contributed by atoms with Crippen molar-refractivity contribution in [3.8, 4) is 0 Å². The maximum Gasteiger partial charge on any atom is 0.128 e. The van der Waals surface area contributed by atoms with E-state index in [-0.39, 0.29) is 0 Å². The molecule has 0 aliphatic carbocycles. The van der Waals surface area contributed by atoms with Crippen LogP contribution in [0.25, 0.3) is 0 Å². The van der Waals surface area contributed by atoms with Crippen molar-refractivity contribution in [2.24, 2.45) is 0 Å². The van der Waals surface area contributed by atoms with Crippen molar-refractivity contribution in [1.29, 1.82) is 0 Å². The third-order valence-electron chi connectivity index (χ3n) is 2.73. The Morgan fingerprint density at radius 2 is 2.40 bits per heavy atom. The number of aryl methyl sites for hydroxylation is 1. The molecule has 82 valence electrons. The zero-order valence-corrected chi connectivity index (χ0v) is 10.7. The molecule has 0 unspecified atom stereocenters. The highest BCUT2D eigenvalue weighted by Gasteiger charge is 2.16.